The van der Waals surface area contributed by atoms with Crippen LogP contribution in [0.15, 0.2) is 79.0 Å². The Bertz CT molecular complexity index is 1250. The van der Waals surface area contributed by atoms with Gasteiger partial charge in [-0.3, -0.25) is 0 Å². The molecule has 8 heteroatoms. The number of hydrogen-bond acceptors (Lipinski definition) is 5. The van der Waals surface area contributed by atoms with E-state index in [-0.39, 0.29) is 16.8 Å². The maximum absolute atomic E-state index is 13.9. The minimum Gasteiger partial charge on any atom is -0.497 e. The van der Waals surface area contributed by atoms with Crippen LogP contribution in [0.25, 0.3) is 21.6 Å². The number of nitrogens with zero attached hydrogens (tertiary/aromatic N) is 1. The van der Waals surface area contributed by atoms with Gasteiger partial charge in [0.25, 0.3) is 5.19 Å². The number of thiazole rings is 1. The lowest BCUT2D eigenvalue weighted by Gasteiger charge is -2.21. The molecule has 0 spiro atoms. The molecule has 1 unspecified atom stereocenters. The number of alkyl halides is 3. The molecule has 0 saturated heterocycles. The highest BCUT2D eigenvalue weighted by atomic mass is 32.1. The number of rotatable bonds is 8. The number of halogens is 3. The Balaban J connectivity index is 1.53. The Morgan fingerprint density at radius 2 is 1.63 bits per heavy atom. The van der Waals surface area contributed by atoms with Gasteiger partial charge in [0.05, 0.1) is 12.0 Å². The maximum atomic E-state index is 13.9. The van der Waals surface area contributed by atoms with Crippen molar-refractivity contribution in [3.63, 3.8) is 0 Å². The van der Waals surface area contributed by atoms with Crippen LogP contribution in [0.3, 0.4) is 0 Å². The largest absolute Gasteiger partial charge is 0.497 e. The second kappa shape index (κ2) is 10.5. The molecular weight excluding hydrogens is 473 g/mol. The molecule has 0 aliphatic heterocycles. The lowest BCUT2D eigenvalue weighted by atomic mass is 10.0. The molecule has 1 heterocycles. The van der Waals surface area contributed by atoms with Gasteiger partial charge in [-0.2, -0.15) is 13.2 Å². The fraction of sp³-hybridized carbons (Fsp3) is 0.222. The summed E-state index contributed by atoms with van der Waals surface area (Å²) in [6.45, 7) is 1.93. The number of hydrogen-bond donors (Lipinski definition) is 1. The van der Waals surface area contributed by atoms with E-state index in [4.69, 9.17) is 15.2 Å². The highest BCUT2D eigenvalue weighted by Gasteiger charge is 2.43. The molecule has 182 valence electrons. The molecule has 2 atom stereocenters. The van der Waals surface area contributed by atoms with Crippen molar-refractivity contribution in [2.24, 2.45) is 5.73 Å². The topological polar surface area (TPSA) is 57.4 Å². The molecule has 35 heavy (non-hydrogen) atoms. The Morgan fingerprint density at radius 3 is 2.26 bits per heavy atom. The van der Waals surface area contributed by atoms with Crippen molar-refractivity contribution in [1.82, 2.24) is 4.98 Å². The lowest BCUT2D eigenvalue weighted by molar-refractivity contribution is -0.198. The average molecular weight is 499 g/mol. The second-order valence-electron chi connectivity index (χ2n) is 8.26. The normalized spacial score (nSPS) is 13.3. The van der Waals surface area contributed by atoms with Gasteiger partial charge >= 0.3 is 6.18 Å². The molecule has 0 bridgehead atoms. The minimum absolute atomic E-state index is 0.00107. The van der Waals surface area contributed by atoms with E-state index in [0.29, 0.717) is 5.75 Å². The molecule has 3 aromatic carbocycles. The number of benzene rings is 3. The molecule has 0 saturated carbocycles. The summed E-state index contributed by atoms with van der Waals surface area (Å²) < 4.78 is 52.3. The van der Waals surface area contributed by atoms with Crippen LogP contribution in [0, 0.1) is 0 Å². The van der Waals surface area contributed by atoms with Crippen LogP contribution in [0.4, 0.5) is 13.2 Å². The maximum Gasteiger partial charge on any atom is 0.429 e. The van der Waals surface area contributed by atoms with E-state index >= 15 is 0 Å². The van der Waals surface area contributed by atoms with Crippen molar-refractivity contribution in [2.75, 3.05) is 7.11 Å². The van der Waals surface area contributed by atoms with Gasteiger partial charge in [0.1, 0.15) is 5.75 Å². The molecule has 4 aromatic rings. The SMILES string of the molecule is COc1cccc(-c2ccc(C(Oc3ncc(-c4ccc(C[C@H](C)N)cc4)s3)C(F)(F)F)cc2)c1. The van der Waals surface area contributed by atoms with Crippen LogP contribution in [0.2, 0.25) is 0 Å². The smallest absolute Gasteiger partial charge is 0.429 e. The Hall–Kier alpha value is -3.36. The van der Waals surface area contributed by atoms with Crippen LogP contribution in [-0.2, 0) is 6.42 Å². The van der Waals surface area contributed by atoms with Gasteiger partial charge in [0.15, 0.2) is 0 Å². The first kappa shape index (κ1) is 24.8. The van der Waals surface area contributed by atoms with Gasteiger partial charge in [-0.25, -0.2) is 4.98 Å². The third-order valence-corrected chi connectivity index (χ3v) is 6.35. The van der Waals surface area contributed by atoms with Crippen LogP contribution in [-0.4, -0.2) is 24.3 Å². The van der Waals surface area contributed by atoms with E-state index in [0.717, 1.165) is 44.9 Å². The van der Waals surface area contributed by atoms with E-state index in [2.05, 4.69) is 4.98 Å². The zero-order valence-electron chi connectivity index (χ0n) is 19.3. The summed E-state index contributed by atoms with van der Waals surface area (Å²) in [6.07, 6.45) is -4.46. The van der Waals surface area contributed by atoms with E-state index in [1.165, 1.54) is 18.3 Å². The van der Waals surface area contributed by atoms with Crippen LogP contribution in [0.5, 0.6) is 10.9 Å². The molecule has 1 aromatic heterocycles. The molecule has 0 aliphatic carbocycles. The number of methoxy groups -OCH3 is 1. The molecule has 0 amide bonds. The van der Waals surface area contributed by atoms with Crippen LogP contribution in [0.1, 0.15) is 24.2 Å². The van der Waals surface area contributed by atoms with E-state index in [1.54, 1.807) is 19.2 Å². The molecular formula is C27H25F3N2O2S. The average Bonchev–Trinajstić information content (AvgIpc) is 3.31. The first-order valence-corrected chi connectivity index (χ1v) is 11.8. The summed E-state index contributed by atoms with van der Waals surface area (Å²) in [5.74, 6) is 0.672. The first-order valence-electron chi connectivity index (χ1n) is 11.0. The number of ether oxygens (including phenoxy) is 2. The highest BCUT2D eigenvalue weighted by Crippen LogP contribution is 2.40. The standard InChI is InChI=1S/C27H25F3N2O2S/c1-17(31)14-18-6-8-20(9-7-18)24-16-32-26(35-24)34-25(27(28,29)30)21-12-10-19(11-13-21)22-4-3-5-23(15-22)33-2/h3-13,15-17,25H,14,31H2,1-2H3/t17-,25?/m0/s1. The van der Waals surface area contributed by atoms with Crippen molar-refractivity contribution in [1.29, 1.82) is 0 Å². The van der Waals surface area contributed by atoms with Gasteiger partial charge in [-0.1, -0.05) is 72.0 Å². The number of nitrogens with two attached hydrogens (primary N) is 1. The van der Waals surface area contributed by atoms with Gasteiger partial charge < -0.3 is 15.2 Å². The number of aromatic nitrogens is 1. The Kier molecular flexibility index (Phi) is 7.42. The predicted molar refractivity (Wildman–Crippen MR) is 133 cm³/mol. The van der Waals surface area contributed by atoms with Gasteiger partial charge in [0, 0.05) is 17.8 Å². The molecule has 0 radical (unpaired) electrons. The second-order valence-corrected chi connectivity index (χ2v) is 9.26. The van der Waals surface area contributed by atoms with Gasteiger partial charge in [0.2, 0.25) is 6.10 Å². The molecule has 4 rings (SSSR count). The Morgan fingerprint density at radius 1 is 0.943 bits per heavy atom. The fourth-order valence-corrected chi connectivity index (χ4v) is 4.50. The summed E-state index contributed by atoms with van der Waals surface area (Å²) in [5.41, 5.74) is 9.41. The summed E-state index contributed by atoms with van der Waals surface area (Å²) >= 11 is 1.08. The summed E-state index contributed by atoms with van der Waals surface area (Å²) in [5, 5.41) is -0.0427. The van der Waals surface area contributed by atoms with Crippen molar-refractivity contribution in [2.45, 2.75) is 31.7 Å². The van der Waals surface area contributed by atoms with Gasteiger partial charge in [-0.15, -0.1) is 0 Å². The third kappa shape index (κ3) is 6.21. The van der Waals surface area contributed by atoms with Crippen molar-refractivity contribution < 1.29 is 22.6 Å². The molecule has 0 fully saturated rings. The molecule has 2 N–H and O–H groups in total. The third-order valence-electron chi connectivity index (χ3n) is 5.41. The Labute approximate surface area is 206 Å². The highest BCUT2D eigenvalue weighted by molar-refractivity contribution is 7.16. The van der Waals surface area contributed by atoms with E-state index < -0.39 is 12.3 Å². The quantitative estimate of drug-likeness (QED) is 0.283. The summed E-state index contributed by atoms with van der Waals surface area (Å²) in [6, 6.07) is 21.3. The molecule has 4 nitrogen and oxygen atoms in total. The van der Waals surface area contributed by atoms with Crippen molar-refractivity contribution in [3.8, 4) is 32.5 Å². The predicted octanol–water partition coefficient (Wildman–Crippen LogP) is 7.06. The van der Waals surface area contributed by atoms with Gasteiger partial charge in [-0.05, 0) is 47.7 Å². The minimum atomic E-state index is -4.61. The lowest BCUT2D eigenvalue weighted by Crippen LogP contribution is -2.26. The van der Waals surface area contributed by atoms with Crippen molar-refractivity contribution >= 4 is 11.3 Å². The van der Waals surface area contributed by atoms with Crippen LogP contribution >= 0.6 is 11.3 Å². The first-order chi connectivity index (χ1) is 16.7. The zero-order valence-corrected chi connectivity index (χ0v) is 20.1. The summed E-state index contributed by atoms with van der Waals surface area (Å²) in [7, 11) is 1.56. The van der Waals surface area contributed by atoms with Crippen LogP contribution < -0.4 is 15.2 Å². The van der Waals surface area contributed by atoms with E-state index in [1.807, 2.05) is 55.5 Å². The fourth-order valence-electron chi connectivity index (χ4n) is 3.70. The molecule has 0 aliphatic rings. The monoisotopic (exact) mass is 498 g/mol. The van der Waals surface area contributed by atoms with Crippen molar-refractivity contribution in [3.05, 3.63) is 90.1 Å². The zero-order chi connectivity index (χ0) is 25.0. The summed E-state index contributed by atoms with van der Waals surface area (Å²) in [4.78, 5) is 4.81. The van der Waals surface area contributed by atoms with E-state index in [9.17, 15) is 13.2 Å².